The summed E-state index contributed by atoms with van der Waals surface area (Å²) in [5, 5.41) is 2.27. The molecule has 1 aromatic rings. The van der Waals surface area contributed by atoms with E-state index in [4.69, 9.17) is 28.9 Å². The highest BCUT2D eigenvalue weighted by molar-refractivity contribution is 8.03. The molecule has 2 rings (SSSR count). The molecule has 1 amide bonds. The molecular formula is C10H8Cl2N2OS. The molecule has 0 aromatic heterocycles. The van der Waals surface area contributed by atoms with Crippen molar-refractivity contribution in [3.05, 3.63) is 40.3 Å². The summed E-state index contributed by atoms with van der Waals surface area (Å²) >= 11 is 13.3. The average molecular weight is 275 g/mol. The summed E-state index contributed by atoms with van der Waals surface area (Å²) in [6.07, 6.45) is 0. The third kappa shape index (κ3) is 2.00. The van der Waals surface area contributed by atoms with Gasteiger partial charge in [-0.1, -0.05) is 35.3 Å². The van der Waals surface area contributed by atoms with Crippen LogP contribution < -0.4 is 10.0 Å². The number of carbonyl (C=O) groups excluding carboxylic acids is 1. The first-order valence-electron chi connectivity index (χ1n) is 4.45. The van der Waals surface area contributed by atoms with Crippen molar-refractivity contribution in [2.75, 3.05) is 4.31 Å². The van der Waals surface area contributed by atoms with Crippen LogP contribution in [0.15, 0.2) is 34.7 Å². The Kier molecular flexibility index (Phi) is 3.33. The number of hydrogen-bond acceptors (Lipinski definition) is 3. The Morgan fingerprint density at radius 1 is 1.44 bits per heavy atom. The maximum Gasteiger partial charge on any atom is 0.250 e. The minimum absolute atomic E-state index is 0.431. The summed E-state index contributed by atoms with van der Waals surface area (Å²) in [5.41, 5.74) is 5.93. The number of hydrogen-bond donors (Lipinski definition) is 1. The van der Waals surface area contributed by atoms with Crippen molar-refractivity contribution < 1.29 is 4.79 Å². The van der Waals surface area contributed by atoms with E-state index in [0.717, 1.165) is 0 Å². The molecule has 1 aliphatic heterocycles. The van der Waals surface area contributed by atoms with Crippen LogP contribution in [0.1, 0.15) is 10.4 Å². The zero-order valence-corrected chi connectivity index (χ0v) is 10.4. The van der Waals surface area contributed by atoms with Gasteiger partial charge in [0.05, 0.1) is 16.3 Å². The van der Waals surface area contributed by atoms with Crippen molar-refractivity contribution >= 4 is 46.7 Å². The molecule has 1 heterocycles. The van der Waals surface area contributed by atoms with E-state index in [2.05, 4.69) is 0 Å². The number of para-hydroxylation sites is 1. The molecule has 1 aromatic carbocycles. The van der Waals surface area contributed by atoms with Gasteiger partial charge in [-0.3, -0.25) is 9.10 Å². The van der Waals surface area contributed by atoms with Crippen molar-refractivity contribution in [2.45, 2.75) is 5.50 Å². The maximum atomic E-state index is 11.3. The van der Waals surface area contributed by atoms with E-state index < -0.39 is 11.4 Å². The zero-order chi connectivity index (χ0) is 11.7. The lowest BCUT2D eigenvalue weighted by Crippen LogP contribution is -2.23. The molecule has 0 saturated heterocycles. The number of nitrogens with two attached hydrogens (primary N) is 1. The first kappa shape index (κ1) is 11.6. The van der Waals surface area contributed by atoms with Crippen LogP contribution >= 0.6 is 35.1 Å². The molecule has 0 bridgehead atoms. The van der Waals surface area contributed by atoms with Gasteiger partial charge in [0.2, 0.25) is 0 Å². The van der Waals surface area contributed by atoms with Gasteiger partial charge in [-0.25, -0.2) is 0 Å². The van der Waals surface area contributed by atoms with Gasteiger partial charge < -0.3 is 5.73 Å². The van der Waals surface area contributed by atoms with E-state index in [-0.39, 0.29) is 0 Å². The first-order chi connectivity index (χ1) is 7.61. The van der Waals surface area contributed by atoms with Gasteiger partial charge in [-0.15, -0.1) is 0 Å². The Labute approximate surface area is 107 Å². The second-order valence-electron chi connectivity index (χ2n) is 3.15. The molecule has 0 fully saturated rings. The molecule has 1 atom stereocenters. The first-order valence-corrected chi connectivity index (χ1v) is 6.11. The van der Waals surface area contributed by atoms with Crippen LogP contribution in [-0.2, 0) is 0 Å². The van der Waals surface area contributed by atoms with Gasteiger partial charge in [0.15, 0.2) is 5.50 Å². The van der Waals surface area contributed by atoms with Crippen molar-refractivity contribution in [1.29, 1.82) is 0 Å². The smallest absolute Gasteiger partial charge is 0.250 e. The Hall–Kier alpha value is -0.840. The number of benzene rings is 1. The average Bonchev–Trinajstić information content (AvgIpc) is 2.60. The van der Waals surface area contributed by atoms with Crippen LogP contribution in [0.25, 0.3) is 0 Å². The molecule has 2 N–H and O–H groups in total. The fourth-order valence-corrected chi connectivity index (χ4v) is 2.87. The summed E-state index contributed by atoms with van der Waals surface area (Å²) in [6, 6.07) is 7.01. The van der Waals surface area contributed by atoms with E-state index >= 15 is 0 Å². The van der Waals surface area contributed by atoms with E-state index in [1.807, 2.05) is 6.07 Å². The number of alkyl halides is 1. The van der Waals surface area contributed by atoms with Gasteiger partial charge in [-0.05, 0) is 24.1 Å². The fourth-order valence-electron chi connectivity index (χ4n) is 1.38. The Morgan fingerprint density at radius 3 is 2.69 bits per heavy atom. The lowest BCUT2D eigenvalue weighted by Gasteiger charge is -2.22. The van der Waals surface area contributed by atoms with Crippen molar-refractivity contribution in [1.82, 2.24) is 0 Å². The molecule has 16 heavy (non-hydrogen) atoms. The van der Waals surface area contributed by atoms with Crippen LogP contribution in [-0.4, -0.2) is 11.4 Å². The Balaban J connectivity index is 2.38. The van der Waals surface area contributed by atoms with E-state index in [9.17, 15) is 4.79 Å². The standard InChI is InChI=1S/C10H8Cl2N2OS/c11-7-5-16-14(9(7)12)8-4-2-1-3-6(8)10(13)15/h1-5,9H,(H2,13,15). The molecule has 0 spiro atoms. The predicted molar refractivity (Wildman–Crippen MR) is 68.6 cm³/mol. The summed E-state index contributed by atoms with van der Waals surface area (Å²) < 4.78 is 1.74. The van der Waals surface area contributed by atoms with Crippen LogP contribution in [0.3, 0.4) is 0 Å². The highest BCUT2D eigenvalue weighted by atomic mass is 35.5. The summed E-state index contributed by atoms with van der Waals surface area (Å²) in [4.78, 5) is 11.3. The summed E-state index contributed by atoms with van der Waals surface area (Å²) in [5.74, 6) is -0.483. The number of anilines is 1. The molecule has 1 unspecified atom stereocenters. The van der Waals surface area contributed by atoms with Crippen molar-refractivity contribution in [2.24, 2.45) is 5.73 Å². The maximum absolute atomic E-state index is 11.3. The predicted octanol–water partition coefficient (Wildman–Crippen LogP) is 2.90. The summed E-state index contributed by atoms with van der Waals surface area (Å²) in [7, 11) is 0. The Bertz CT molecular complexity index is 464. The van der Waals surface area contributed by atoms with Gasteiger partial charge in [0, 0.05) is 5.41 Å². The monoisotopic (exact) mass is 274 g/mol. The number of primary amides is 1. The molecule has 0 saturated carbocycles. The van der Waals surface area contributed by atoms with E-state index in [1.165, 1.54) is 11.9 Å². The highest BCUT2D eigenvalue weighted by Crippen LogP contribution is 2.40. The second kappa shape index (κ2) is 4.57. The fraction of sp³-hybridized carbons (Fsp3) is 0.100. The lowest BCUT2D eigenvalue weighted by molar-refractivity contribution is 0.100. The number of halogens is 2. The van der Waals surface area contributed by atoms with Crippen LogP contribution in [0, 0.1) is 0 Å². The second-order valence-corrected chi connectivity index (χ2v) is 4.84. The minimum Gasteiger partial charge on any atom is -0.366 e. The topological polar surface area (TPSA) is 46.3 Å². The quantitative estimate of drug-likeness (QED) is 0.513. The number of rotatable bonds is 2. The largest absolute Gasteiger partial charge is 0.366 e. The molecule has 0 radical (unpaired) electrons. The van der Waals surface area contributed by atoms with Crippen LogP contribution in [0.5, 0.6) is 0 Å². The van der Waals surface area contributed by atoms with Gasteiger partial charge in [0.1, 0.15) is 0 Å². The van der Waals surface area contributed by atoms with Crippen molar-refractivity contribution in [3.8, 4) is 0 Å². The molecule has 1 aliphatic rings. The molecule has 6 heteroatoms. The number of carbonyl (C=O) groups is 1. The van der Waals surface area contributed by atoms with Crippen LogP contribution in [0.4, 0.5) is 5.69 Å². The number of nitrogens with zero attached hydrogens (tertiary/aromatic N) is 1. The third-order valence-electron chi connectivity index (χ3n) is 2.12. The van der Waals surface area contributed by atoms with Gasteiger partial charge in [0.25, 0.3) is 5.91 Å². The SMILES string of the molecule is NC(=O)c1ccccc1N1SC=C(Cl)C1Cl. The van der Waals surface area contributed by atoms with E-state index in [0.29, 0.717) is 16.3 Å². The Morgan fingerprint density at radius 2 is 2.12 bits per heavy atom. The molecule has 84 valence electrons. The summed E-state index contributed by atoms with van der Waals surface area (Å²) in [6.45, 7) is 0. The lowest BCUT2D eigenvalue weighted by atomic mass is 10.1. The molecule has 0 aliphatic carbocycles. The minimum atomic E-state index is -0.483. The van der Waals surface area contributed by atoms with Gasteiger partial charge in [-0.2, -0.15) is 0 Å². The van der Waals surface area contributed by atoms with E-state index in [1.54, 1.807) is 27.9 Å². The number of amides is 1. The highest BCUT2D eigenvalue weighted by Gasteiger charge is 2.28. The van der Waals surface area contributed by atoms with Crippen LogP contribution in [0.2, 0.25) is 0 Å². The molecule has 3 nitrogen and oxygen atoms in total. The third-order valence-corrected chi connectivity index (χ3v) is 4.22. The molecular weight excluding hydrogens is 267 g/mol. The normalized spacial score (nSPS) is 19.8. The van der Waals surface area contributed by atoms with Gasteiger partial charge >= 0.3 is 0 Å². The van der Waals surface area contributed by atoms with Crippen molar-refractivity contribution in [3.63, 3.8) is 0 Å². The zero-order valence-electron chi connectivity index (χ0n) is 8.06.